The Kier molecular flexibility index (Phi) is 4.87. The van der Waals surface area contributed by atoms with E-state index in [9.17, 15) is 4.79 Å². The summed E-state index contributed by atoms with van der Waals surface area (Å²) in [5.74, 6) is 1.56. The predicted molar refractivity (Wildman–Crippen MR) is 83.4 cm³/mol. The summed E-state index contributed by atoms with van der Waals surface area (Å²) in [5, 5.41) is 3.04. The van der Waals surface area contributed by atoms with Gasteiger partial charge in [0.1, 0.15) is 17.6 Å². The number of aromatic nitrogens is 2. The molecular formula is C16H24N4O2. The third-order valence-corrected chi connectivity index (χ3v) is 4.63. The summed E-state index contributed by atoms with van der Waals surface area (Å²) in [6, 6.07) is 0. The van der Waals surface area contributed by atoms with Crippen LogP contribution in [-0.4, -0.2) is 47.5 Å². The highest BCUT2D eigenvalue weighted by Crippen LogP contribution is 2.30. The molecule has 1 saturated heterocycles. The second-order valence-electron chi connectivity index (χ2n) is 6.09. The number of hydrogen-bond acceptors (Lipinski definition) is 5. The number of amides is 1. The van der Waals surface area contributed by atoms with E-state index in [4.69, 9.17) is 4.74 Å². The van der Waals surface area contributed by atoms with Gasteiger partial charge >= 0.3 is 0 Å². The van der Waals surface area contributed by atoms with Gasteiger partial charge < -0.3 is 15.0 Å². The summed E-state index contributed by atoms with van der Waals surface area (Å²) in [4.78, 5) is 23.1. The number of ether oxygens (including phenoxy) is 1. The van der Waals surface area contributed by atoms with Crippen LogP contribution in [0, 0.1) is 5.92 Å². The van der Waals surface area contributed by atoms with E-state index < -0.39 is 0 Å². The van der Waals surface area contributed by atoms with Gasteiger partial charge in [0.15, 0.2) is 0 Å². The Morgan fingerprint density at radius 3 is 2.91 bits per heavy atom. The molecule has 120 valence electrons. The van der Waals surface area contributed by atoms with Crippen LogP contribution in [0.5, 0.6) is 0 Å². The van der Waals surface area contributed by atoms with Gasteiger partial charge in [-0.2, -0.15) is 0 Å². The lowest BCUT2D eigenvalue weighted by atomic mass is 10.0. The van der Waals surface area contributed by atoms with Gasteiger partial charge in [-0.25, -0.2) is 4.98 Å². The van der Waals surface area contributed by atoms with E-state index in [0.717, 1.165) is 11.5 Å². The van der Waals surface area contributed by atoms with Gasteiger partial charge in [0.2, 0.25) is 5.91 Å². The van der Waals surface area contributed by atoms with Crippen molar-refractivity contribution in [2.24, 2.45) is 5.92 Å². The molecule has 2 heterocycles. The molecule has 0 unspecified atom stereocenters. The van der Waals surface area contributed by atoms with Crippen LogP contribution in [-0.2, 0) is 9.53 Å². The van der Waals surface area contributed by atoms with Gasteiger partial charge in [-0.15, -0.1) is 0 Å². The zero-order valence-corrected chi connectivity index (χ0v) is 13.1. The quantitative estimate of drug-likeness (QED) is 0.921. The van der Waals surface area contributed by atoms with Crippen LogP contribution >= 0.6 is 0 Å². The van der Waals surface area contributed by atoms with E-state index in [-0.39, 0.29) is 12.0 Å². The maximum Gasteiger partial charge on any atom is 0.223 e. The SMILES string of the molecule is CNc1nccnc1[C@H]1CN(C(=O)CC2CCCC2)CCO1. The Balaban J connectivity index is 1.64. The molecule has 1 N–H and O–H groups in total. The number of nitrogens with zero attached hydrogens (tertiary/aromatic N) is 3. The zero-order chi connectivity index (χ0) is 15.4. The van der Waals surface area contributed by atoms with Crippen LogP contribution in [0.15, 0.2) is 12.4 Å². The Morgan fingerprint density at radius 1 is 1.36 bits per heavy atom. The Morgan fingerprint density at radius 2 is 2.14 bits per heavy atom. The third kappa shape index (κ3) is 3.38. The van der Waals surface area contributed by atoms with Crippen molar-refractivity contribution in [1.29, 1.82) is 0 Å². The third-order valence-electron chi connectivity index (χ3n) is 4.63. The van der Waals surface area contributed by atoms with Crippen molar-refractivity contribution in [3.05, 3.63) is 18.1 Å². The minimum Gasteiger partial charge on any atom is -0.372 e. The van der Waals surface area contributed by atoms with Gasteiger partial charge in [-0.05, 0) is 18.8 Å². The smallest absolute Gasteiger partial charge is 0.223 e. The first-order valence-electron chi connectivity index (χ1n) is 8.16. The zero-order valence-electron chi connectivity index (χ0n) is 13.1. The summed E-state index contributed by atoms with van der Waals surface area (Å²) >= 11 is 0. The van der Waals surface area contributed by atoms with Crippen molar-refractivity contribution >= 4 is 11.7 Å². The molecule has 0 spiro atoms. The van der Waals surface area contributed by atoms with Crippen LogP contribution in [0.3, 0.4) is 0 Å². The van der Waals surface area contributed by atoms with E-state index in [1.54, 1.807) is 12.4 Å². The lowest BCUT2D eigenvalue weighted by Gasteiger charge is -2.33. The van der Waals surface area contributed by atoms with Crippen LogP contribution in [0.25, 0.3) is 0 Å². The van der Waals surface area contributed by atoms with Crippen molar-refractivity contribution in [3.8, 4) is 0 Å². The Hall–Kier alpha value is -1.69. The molecule has 0 radical (unpaired) electrons. The van der Waals surface area contributed by atoms with Crippen LogP contribution < -0.4 is 5.32 Å². The minimum absolute atomic E-state index is 0.197. The van der Waals surface area contributed by atoms with Crippen molar-refractivity contribution in [1.82, 2.24) is 14.9 Å². The van der Waals surface area contributed by atoms with Crippen LogP contribution in [0.2, 0.25) is 0 Å². The normalized spacial score (nSPS) is 22.8. The number of carbonyl (C=O) groups is 1. The van der Waals surface area contributed by atoms with Gasteiger partial charge in [-0.3, -0.25) is 9.78 Å². The van der Waals surface area contributed by atoms with Crippen molar-refractivity contribution in [2.75, 3.05) is 32.1 Å². The number of morpholine rings is 1. The number of rotatable bonds is 4. The second kappa shape index (κ2) is 7.05. The molecule has 3 rings (SSSR count). The van der Waals surface area contributed by atoms with Gasteiger partial charge in [0.05, 0.1) is 13.2 Å². The molecule has 6 heteroatoms. The average molecular weight is 304 g/mol. The molecule has 2 aliphatic rings. The molecule has 1 aromatic rings. The summed E-state index contributed by atoms with van der Waals surface area (Å²) in [6.45, 7) is 1.80. The number of nitrogens with one attached hydrogen (secondary N) is 1. The molecule has 1 aromatic heterocycles. The Labute approximate surface area is 131 Å². The standard InChI is InChI=1S/C16H24N4O2/c1-17-16-15(18-6-7-19-16)13-11-20(8-9-22-13)14(21)10-12-4-2-3-5-12/h6-7,12-13H,2-5,8-11H2,1H3,(H,17,19)/t13-/m1/s1. The molecule has 0 bridgehead atoms. The van der Waals surface area contributed by atoms with Crippen molar-refractivity contribution in [2.45, 2.75) is 38.2 Å². The monoisotopic (exact) mass is 304 g/mol. The van der Waals surface area contributed by atoms with E-state index >= 15 is 0 Å². The summed E-state index contributed by atoms with van der Waals surface area (Å²) in [5.41, 5.74) is 0.781. The van der Waals surface area contributed by atoms with E-state index in [2.05, 4.69) is 15.3 Å². The highest BCUT2D eigenvalue weighted by molar-refractivity contribution is 5.76. The maximum absolute atomic E-state index is 12.5. The first-order chi connectivity index (χ1) is 10.8. The molecule has 1 amide bonds. The molecule has 0 aromatic carbocycles. The predicted octanol–water partition coefficient (Wildman–Crippen LogP) is 2.00. The molecular weight excluding hydrogens is 280 g/mol. The van der Waals surface area contributed by atoms with E-state index in [0.29, 0.717) is 32.0 Å². The van der Waals surface area contributed by atoms with Gasteiger partial charge in [-0.1, -0.05) is 12.8 Å². The van der Waals surface area contributed by atoms with Gasteiger partial charge in [0, 0.05) is 32.4 Å². The van der Waals surface area contributed by atoms with E-state index in [1.807, 2.05) is 11.9 Å². The molecule has 1 saturated carbocycles. The number of hydrogen-bond donors (Lipinski definition) is 1. The van der Waals surface area contributed by atoms with Gasteiger partial charge in [0.25, 0.3) is 0 Å². The largest absolute Gasteiger partial charge is 0.372 e. The molecule has 1 atom stereocenters. The molecule has 1 aliphatic carbocycles. The lowest BCUT2D eigenvalue weighted by molar-refractivity contribution is -0.140. The number of anilines is 1. The first-order valence-corrected chi connectivity index (χ1v) is 8.16. The number of carbonyl (C=O) groups excluding carboxylic acids is 1. The highest BCUT2D eigenvalue weighted by Gasteiger charge is 2.29. The lowest BCUT2D eigenvalue weighted by Crippen LogP contribution is -2.43. The fourth-order valence-corrected chi connectivity index (χ4v) is 3.41. The highest BCUT2D eigenvalue weighted by atomic mass is 16.5. The maximum atomic E-state index is 12.5. The van der Waals surface area contributed by atoms with Crippen molar-refractivity contribution < 1.29 is 9.53 Å². The topological polar surface area (TPSA) is 67.4 Å². The summed E-state index contributed by atoms with van der Waals surface area (Å²) in [7, 11) is 1.82. The summed E-state index contributed by atoms with van der Waals surface area (Å²) in [6.07, 6.45) is 8.76. The minimum atomic E-state index is -0.197. The first kappa shape index (κ1) is 15.2. The van der Waals surface area contributed by atoms with Crippen LogP contribution in [0.1, 0.15) is 43.9 Å². The molecule has 6 nitrogen and oxygen atoms in total. The average Bonchev–Trinajstić information content (AvgIpc) is 3.08. The second-order valence-corrected chi connectivity index (χ2v) is 6.09. The van der Waals surface area contributed by atoms with Crippen LogP contribution in [0.4, 0.5) is 5.82 Å². The molecule has 22 heavy (non-hydrogen) atoms. The Bertz CT molecular complexity index is 517. The fraction of sp³-hybridized carbons (Fsp3) is 0.688. The van der Waals surface area contributed by atoms with Crippen molar-refractivity contribution in [3.63, 3.8) is 0 Å². The molecule has 1 aliphatic heterocycles. The fourth-order valence-electron chi connectivity index (χ4n) is 3.41. The molecule has 2 fully saturated rings. The summed E-state index contributed by atoms with van der Waals surface area (Å²) < 4.78 is 5.82. The van der Waals surface area contributed by atoms with E-state index in [1.165, 1.54) is 25.7 Å².